The summed E-state index contributed by atoms with van der Waals surface area (Å²) in [5, 5.41) is 5.94. The molecule has 5 nitrogen and oxygen atoms in total. The molecule has 0 aliphatic carbocycles. The number of carbonyl (C=O) groups excluding carboxylic acids is 2. The van der Waals surface area contributed by atoms with Gasteiger partial charge in [-0.25, -0.2) is 0 Å². The van der Waals surface area contributed by atoms with Gasteiger partial charge in [0.05, 0.1) is 11.0 Å². The van der Waals surface area contributed by atoms with Crippen molar-refractivity contribution in [3.63, 3.8) is 0 Å². The van der Waals surface area contributed by atoms with Gasteiger partial charge in [0, 0.05) is 36.9 Å². The molecule has 0 spiro atoms. The SMILES string of the molecule is CC1CCN(c2ccc(NC(=O)C(C)(C)CCl)cc2C(=O)NCc2ccccc2)CC1. The molecule has 31 heavy (non-hydrogen) atoms. The van der Waals surface area contributed by atoms with E-state index in [0.29, 0.717) is 23.7 Å². The van der Waals surface area contributed by atoms with Crippen LogP contribution in [-0.4, -0.2) is 30.8 Å². The zero-order valence-corrected chi connectivity index (χ0v) is 19.3. The molecule has 6 heteroatoms. The van der Waals surface area contributed by atoms with Gasteiger partial charge in [-0.15, -0.1) is 11.6 Å². The van der Waals surface area contributed by atoms with Crippen LogP contribution in [0.4, 0.5) is 11.4 Å². The van der Waals surface area contributed by atoms with Gasteiger partial charge in [-0.2, -0.15) is 0 Å². The largest absolute Gasteiger partial charge is 0.371 e. The van der Waals surface area contributed by atoms with E-state index in [4.69, 9.17) is 11.6 Å². The molecule has 1 fully saturated rings. The first-order valence-electron chi connectivity index (χ1n) is 10.9. The fraction of sp³-hybridized carbons (Fsp3) is 0.440. The van der Waals surface area contributed by atoms with E-state index in [1.807, 2.05) is 42.5 Å². The van der Waals surface area contributed by atoms with E-state index in [2.05, 4.69) is 22.5 Å². The highest BCUT2D eigenvalue weighted by Crippen LogP contribution is 2.29. The van der Waals surface area contributed by atoms with E-state index in [9.17, 15) is 9.59 Å². The molecule has 166 valence electrons. The number of nitrogens with zero attached hydrogens (tertiary/aromatic N) is 1. The van der Waals surface area contributed by atoms with E-state index in [0.717, 1.165) is 37.2 Å². The molecule has 1 aliphatic heterocycles. The number of halogens is 1. The third-order valence-corrected chi connectivity index (χ3v) is 6.54. The second-order valence-electron chi connectivity index (χ2n) is 9.04. The molecule has 0 unspecified atom stereocenters. The lowest BCUT2D eigenvalue weighted by Crippen LogP contribution is -2.35. The highest BCUT2D eigenvalue weighted by molar-refractivity contribution is 6.20. The van der Waals surface area contributed by atoms with Gasteiger partial charge < -0.3 is 15.5 Å². The maximum atomic E-state index is 13.2. The molecule has 0 atom stereocenters. The summed E-state index contributed by atoms with van der Waals surface area (Å²) in [5.74, 6) is 0.596. The van der Waals surface area contributed by atoms with Crippen LogP contribution in [0.5, 0.6) is 0 Å². The molecule has 1 heterocycles. The Labute approximate surface area is 190 Å². The summed E-state index contributed by atoms with van der Waals surface area (Å²) in [6.45, 7) is 8.16. The van der Waals surface area contributed by atoms with Crippen molar-refractivity contribution in [3.05, 3.63) is 59.7 Å². The van der Waals surface area contributed by atoms with E-state index < -0.39 is 5.41 Å². The van der Waals surface area contributed by atoms with Crippen LogP contribution in [-0.2, 0) is 11.3 Å². The standard InChI is InChI=1S/C25H32ClN3O2/c1-18-11-13-29(14-12-18)22-10-9-20(28-24(31)25(2,3)17-26)15-21(22)23(30)27-16-19-7-5-4-6-8-19/h4-10,15,18H,11-14,16-17H2,1-3H3,(H,27,30)(H,28,31). The predicted molar refractivity (Wildman–Crippen MR) is 128 cm³/mol. The number of hydrogen-bond acceptors (Lipinski definition) is 3. The summed E-state index contributed by atoms with van der Waals surface area (Å²) in [7, 11) is 0. The molecule has 1 saturated heterocycles. The Kier molecular flexibility index (Phi) is 7.60. The first kappa shape index (κ1) is 23.1. The monoisotopic (exact) mass is 441 g/mol. The molecule has 0 aromatic heterocycles. The first-order chi connectivity index (χ1) is 14.8. The minimum absolute atomic E-state index is 0.148. The second-order valence-corrected chi connectivity index (χ2v) is 9.31. The molecule has 1 aliphatic rings. The van der Waals surface area contributed by atoms with Crippen LogP contribution in [0.1, 0.15) is 49.5 Å². The normalized spacial score (nSPS) is 14.9. The summed E-state index contributed by atoms with van der Waals surface area (Å²) >= 11 is 5.94. The molecule has 0 bridgehead atoms. The first-order valence-corrected chi connectivity index (χ1v) is 11.4. The van der Waals surface area contributed by atoms with Crippen LogP contribution in [0.3, 0.4) is 0 Å². The number of carbonyl (C=O) groups is 2. The number of hydrogen-bond donors (Lipinski definition) is 2. The van der Waals surface area contributed by atoms with Crippen molar-refractivity contribution in [1.29, 1.82) is 0 Å². The topological polar surface area (TPSA) is 61.4 Å². The highest BCUT2D eigenvalue weighted by atomic mass is 35.5. The van der Waals surface area contributed by atoms with Crippen LogP contribution < -0.4 is 15.5 Å². The van der Waals surface area contributed by atoms with Crippen LogP contribution in [0.15, 0.2) is 48.5 Å². The lowest BCUT2D eigenvalue weighted by molar-refractivity contribution is -0.122. The van der Waals surface area contributed by atoms with E-state index in [-0.39, 0.29) is 17.7 Å². The van der Waals surface area contributed by atoms with Crippen molar-refractivity contribution in [2.75, 3.05) is 29.2 Å². The van der Waals surface area contributed by atoms with Gasteiger partial charge in [-0.05, 0) is 56.4 Å². The minimum Gasteiger partial charge on any atom is -0.371 e. The van der Waals surface area contributed by atoms with Gasteiger partial charge in [0.15, 0.2) is 0 Å². The van der Waals surface area contributed by atoms with Gasteiger partial charge in [0.1, 0.15) is 0 Å². The summed E-state index contributed by atoms with van der Waals surface area (Å²) in [6, 6.07) is 15.4. The number of benzene rings is 2. The van der Waals surface area contributed by atoms with Gasteiger partial charge in [-0.1, -0.05) is 37.3 Å². The number of piperidine rings is 1. The minimum atomic E-state index is -0.695. The zero-order chi connectivity index (χ0) is 22.4. The molecular weight excluding hydrogens is 410 g/mol. The van der Waals surface area contributed by atoms with Crippen molar-refractivity contribution < 1.29 is 9.59 Å². The summed E-state index contributed by atoms with van der Waals surface area (Å²) < 4.78 is 0. The Morgan fingerprint density at radius 2 is 1.77 bits per heavy atom. The van der Waals surface area contributed by atoms with Crippen molar-refractivity contribution in [2.45, 2.75) is 40.2 Å². The molecule has 0 radical (unpaired) electrons. The Hall–Kier alpha value is -2.53. The molecular formula is C25H32ClN3O2. The number of rotatable bonds is 7. The van der Waals surface area contributed by atoms with Crippen LogP contribution in [0.25, 0.3) is 0 Å². The third kappa shape index (κ3) is 6.01. The highest BCUT2D eigenvalue weighted by Gasteiger charge is 2.27. The maximum Gasteiger partial charge on any atom is 0.253 e. The number of alkyl halides is 1. The second kappa shape index (κ2) is 10.2. The molecule has 2 N–H and O–H groups in total. The summed E-state index contributed by atoms with van der Waals surface area (Å²) in [6.07, 6.45) is 2.21. The molecule has 3 rings (SSSR count). The zero-order valence-electron chi connectivity index (χ0n) is 18.6. The predicted octanol–water partition coefficient (Wildman–Crippen LogP) is 5.06. The molecule has 0 saturated carbocycles. The number of nitrogens with one attached hydrogen (secondary N) is 2. The van der Waals surface area contributed by atoms with Gasteiger partial charge in [0.2, 0.25) is 5.91 Å². The third-order valence-electron chi connectivity index (χ3n) is 5.87. The van der Waals surface area contributed by atoms with Gasteiger partial charge in [-0.3, -0.25) is 9.59 Å². The van der Waals surface area contributed by atoms with E-state index >= 15 is 0 Å². The Bertz CT molecular complexity index is 906. The van der Waals surface area contributed by atoms with Gasteiger partial charge in [0.25, 0.3) is 5.91 Å². The van der Waals surface area contributed by atoms with E-state index in [1.54, 1.807) is 19.9 Å². The van der Waals surface area contributed by atoms with Gasteiger partial charge >= 0.3 is 0 Å². The van der Waals surface area contributed by atoms with Crippen molar-refractivity contribution in [3.8, 4) is 0 Å². The van der Waals surface area contributed by atoms with Crippen LogP contribution >= 0.6 is 11.6 Å². The lowest BCUT2D eigenvalue weighted by Gasteiger charge is -2.33. The molecule has 2 amide bonds. The van der Waals surface area contributed by atoms with E-state index in [1.165, 1.54) is 0 Å². The summed E-state index contributed by atoms with van der Waals surface area (Å²) in [4.78, 5) is 28.0. The lowest BCUT2D eigenvalue weighted by atomic mass is 9.95. The van der Waals surface area contributed by atoms with Crippen molar-refractivity contribution in [2.24, 2.45) is 11.3 Å². The molecule has 2 aromatic carbocycles. The van der Waals surface area contributed by atoms with Crippen LogP contribution in [0.2, 0.25) is 0 Å². The number of anilines is 2. The molecule has 2 aromatic rings. The Morgan fingerprint density at radius 1 is 1.10 bits per heavy atom. The van der Waals surface area contributed by atoms with Crippen molar-refractivity contribution in [1.82, 2.24) is 5.32 Å². The average molecular weight is 442 g/mol. The van der Waals surface area contributed by atoms with Crippen molar-refractivity contribution >= 4 is 34.8 Å². The summed E-state index contributed by atoms with van der Waals surface area (Å²) in [5.41, 5.74) is 2.43. The fourth-order valence-electron chi connectivity index (χ4n) is 3.56. The Morgan fingerprint density at radius 3 is 2.42 bits per heavy atom. The quantitative estimate of drug-likeness (QED) is 0.590. The fourth-order valence-corrected chi connectivity index (χ4v) is 3.68. The average Bonchev–Trinajstić information content (AvgIpc) is 2.78. The number of amides is 2. The Balaban J connectivity index is 1.84. The maximum absolute atomic E-state index is 13.2. The van der Waals surface area contributed by atoms with Crippen LogP contribution in [0, 0.1) is 11.3 Å². The smallest absolute Gasteiger partial charge is 0.253 e.